The summed E-state index contributed by atoms with van der Waals surface area (Å²) in [5, 5.41) is -0.103. The number of carbonyl (C=O) groups excluding carboxylic acids is 1. The van der Waals surface area contributed by atoms with E-state index in [0.29, 0.717) is 5.75 Å². The molecule has 2 rings (SSSR count). The summed E-state index contributed by atoms with van der Waals surface area (Å²) < 4.78 is 11.0. The summed E-state index contributed by atoms with van der Waals surface area (Å²) in [5.41, 5.74) is 1.59. The van der Waals surface area contributed by atoms with Gasteiger partial charge in [-0.25, -0.2) is 4.79 Å². The van der Waals surface area contributed by atoms with Gasteiger partial charge in [0.25, 0.3) is 5.56 Å². The van der Waals surface area contributed by atoms with Crippen LogP contribution in [0.2, 0.25) is 5.15 Å². The molecule has 0 radical (unpaired) electrons. The zero-order valence-corrected chi connectivity index (χ0v) is 15.7. The summed E-state index contributed by atoms with van der Waals surface area (Å²) in [6.45, 7) is 5.74. The van der Waals surface area contributed by atoms with Gasteiger partial charge in [0.15, 0.2) is 5.75 Å². The Morgan fingerprint density at radius 2 is 1.87 bits per heavy atom. The van der Waals surface area contributed by atoms with Gasteiger partial charge < -0.3 is 14.5 Å². The number of esters is 1. The molecular weight excluding hydrogens is 433 g/mol. The average Bonchev–Trinajstić information content (AvgIpc) is 2.43. The highest BCUT2D eigenvalue weighted by Crippen LogP contribution is 2.33. The van der Waals surface area contributed by atoms with Gasteiger partial charge in [-0.2, -0.15) is 0 Å². The highest BCUT2D eigenvalue weighted by Gasteiger charge is 2.24. The molecule has 0 aliphatic heterocycles. The molecule has 0 saturated carbocycles. The summed E-state index contributed by atoms with van der Waals surface area (Å²) in [6, 6.07) is 5.62. The van der Waals surface area contributed by atoms with Crippen LogP contribution in [0.4, 0.5) is 0 Å². The lowest BCUT2D eigenvalue weighted by molar-refractivity contribution is 0.0523. The molecule has 0 unspecified atom stereocenters. The van der Waals surface area contributed by atoms with Gasteiger partial charge in [-0.1, -0.05) is 17.7 Å². The van der Waals surface area contributed by atoms with Crippen LogP contribution >= 0.6 is 34.2 Å². The molecule has 2 aromatic rings. The zero-order valence-electron chi connectivity index (χ0n) is 12.8. The predicted molar refractivity (Wildman–Crippen MR) is 96.7 cm³/mol. The molecule has 1 N–H and O–H groups in total. The molecule has 0 fully saturated rings. The van der Waals surface area contributed by atoms with Gasteiger partial charge in [0.05, 0.1) is 6.61 Å². The van der Waals surface area contributed by atoms with Gasteiger partial charge in [-0.3, -0.25) is 4.79 Å². The number of ether oxygens (including phenoxy) is 2. The quantitative estimate of drug-likeness (QED) is 0.433. The van der Waals surface area contributed by atoms with Crippen LogP contribution in [-0.2, 0) is 4.74 Å². The number of hydrogen-bond donors (Lipinski definition) is 1. The smallest absolute Gasteiger partial charge is 0.345 e. The standard InChI is InChI=1S/C16H15ClINO4/c1-4-22-16(21)11-13(12(18)15(20)19-14(11)17)23-10-6-8(2)5-9(3)7-10/h5-7H,4H2,1-3H3,(H,19,20). The molecule has 5 nitrogen and oxygen atoms in total. The minimum absolute atomic E-state index is 0.0108. The Morgan fingerprint density at radius 1 is 1.26 bits per heavy atom. The number of H-pyrrole nitrogens is 1. The summed E-state index contributed by atoms with van der Waals surface area (Å²) in [4.78, 5) is 26.5. The lowest BCUT2D eigenvalue weighted by Gasteiger charge is -2.14. The molecule has 0 bridgehead atoms. The first-order valence-corrected chi connectivity index (χ1v) is 8.33. The van der Waals surface area contributed by atoms with Crippen molar-refractivity contribution in [1.82, 2.24) is 4.98 Å². The summed E-state index contributed by atoms with van der Waals surface area (Å²) in [5.74, 6) is -0.0264. The maximum absolute atomic E-state index is 12.2. The first-order valence-electron chi connectivity index (χ1n) is 6.88. The minimum atomic E-state index is -0.647. The maximum Gasteiger partial charge on any atom is 0.345 e. The molecule has 0 aliphatic rings. The van der Waals surface area contributed by atoms with E-state index >= 15 is 0 Å². The molecule has 0 spiro atoms. The highest BCUT2D eigenvalue weighted by molar-refractivity contribution is 14.1. The maximum atomic E-state index is 12.2. The monoisotopic (exact) mass is 447 g/mol. The van der Waals surface area contributed by atoms with Crippen molar-refractivity contribution in [2.24, 2.45) is 0 Å². The van der Waals surface area contributed by atoms with Gasteiger partial charge in [0.1, 0.15) is 20.0 Å². The number of aryl methyl sites for hydroxylation is 2. The number of aromatic nitrogens is 1. The first-order chi connectivity index (χ1) is 10.8. The van der Waals surface area contributed by atoms with Crippen molar-refractivity contribution in [2.45, 2.75) is 20.8 Å². The van der Waals surface area contributed by atoms with Crippen molar-refractivity contribution in [3.8, 4) is 11.5 Å². The van der Waals surface area contributed by atoms with E-state index in [1.807, 2.05) is 54.6 Å². The number of rotatable bonds is 4. The van der Waals surface area contributed by atoms with Crippen LogP contribution in [0, 0.1) is 17.4 Å². The van der Waals surface area contributed by atoms with Gasteiger partial charge in [-0.05, 0) is 66.6 Å². The predicted octanol–water partition coefficient (Wildman–Crippen LogP) is 4.22. The normalized spacial score (nSPS) is 10.5. The van der Waals surface area contributed by atoms with Crippen LogP contribution in [0.15, 0.2) is 23.0 Å². The van der Waals surface area contributed by atoms with Crippen LogP contribution in [-0.4, -0.2) is 17.6 Å². The van der Waals surface area contributed by atoms with Crippen LogP contribution in [0.5, 0.6) is 11.5 Å². The fourth-order valence-electron chi connectivity index (χ4n) is 2.12. The third-order valence-electron chi connectivity index (χ3n) is 2.96. The van der Waals surface area contributed by atoms with Crippen molar-refractivity contribution in [1.29, 1.82) is 0 Å². The number of carbonyl (C=O) groups is 1. The molecule has 1 heterocycles. The second kappa shape index (κ2) is 7.35. The molecule has 0 saturated heterocycles. The number of hydrogen-bond acceptors (Lipinski definition) is 4. The number of nitrogens with one attached hydrogen (secondary N) is 1. The molecule has 0 atom stereocenters. The molecule has 0 aliphatic carbocycles. The van der Waals surface area contributed by atoms with Gasteiger partial charge >= 0.3 is 5.97 Å². The largest absolute Gasteiger partial charge is 0.462 e. The van der Waals surface area contributed by atoms with Gasteiger partial charge in [-0.15, -0.1) is 0 Å². The van der Waals surface area contributed by atoms with Gasteiger partial charge in [0, 0.05) is 0 Å². The summed E-state index contributed by atoms with van der Waals surface area (Å²) in [6.07, 6.45) is 0. The Kier molecular flexibility index (Phi) is 5.69. The Labute approximate surface area is 152 Å². The average molecular weight is 448 g/mol. The van der Waals surface area contributed by atoms with E-state index in [-0.39, 0.29) is 26.6 Å². The van der Waals surface area contributed by atoms with Crippen molar-refractivity contribution in [3.05, 3.63) is 54.0 Å². The molecule has 0 amide bonds. The molecule has 1 aromatic carbocycles. The van der Waals surface area contributed by atoms with E-state index in [9.17, 15) is 9.59 Å². The Bertz CT molecular complexity index is 796. The number of aromatic amines is 1. The van der Waals surface area contributed by atoms with Crippen LogP contribution in [0.1, 0.15) is 28.4 Å². The second-order valence-corrected chi connectivity index (χ2v) is 6.39. The Morgan fingerprint density at radius 3 is 2.43 bits per heavy atom. The molecule has 122 valence electrons. The van der Waals surface area contributed by atoms with E-state index in [1.54, 1.807) is 6.92 Å². The molecular formula is C16H15ClINO4. The number of benzene rings is 1. The van der Waals surface area contributed by atoms with Crippen LogP contribution in [0.25, 0.3) is 0 Å². The SMILES string of the molecule is CCOC(=O)c1c(Cl)[nH]c(=O)c(I)c1Oc1cc(C)cc(C)c1. The summed E-state index contributed by atoms with van der Waals surface area (Å²) >= 11 is 7.84. The molecule has 23 heavy (non-hydrogen) atoms. The third-order valence-corrected chi connectivity index (χ3v) is 4.23. The second-order valence-electron chi connectivity index (χ2n) is 4.93. The number of halogens is 2. The van der Waals surface area contributed by atoms with Gasteiger partial charge in [0.2, 0.25) is 0 Å². The fourth-order valence-corrected chi connectivity index (χ4v) is 2.88. The zero-order chi connectivity index (χ0) is 17.1. The van der Waals surface area contributed by atoms with Crippen molar-refractivity contribution in [3.63, 3.8) is 0 Å². The fraction of sp³-hybridized carbons (Fsp3) is 0.250. The van der Waals surface area contributed by atoms with E-state index in [4.69, 9.17) is 21.1 Å². The first kappa shape index (κ1) is 17.8. The number of pyridine rings is 1. The van der Waals surface area contributed by atoms with E-state index < -0.39 is 11.5 Å². The van der Waals surface area contributed by atoms with E-state index in [2.05, 4.69) is 4.98 Å². The van der Waals surface area contributed by atoms with Crippen LogP contribution in [0.3, 0.4) is 0 Å². The van der Waals surface area contributed by atoms with Crippen molar-refractivity contribution >= 4 is 40.2 Å². The molecule has 7 heteroatoms. The van der Waals surface area contributed by atoms with Crippen LogP contribution < -0.4 is 10.3 Å². The molecule has 1 aromatic heterocycles. The van der Waals surface area contributed by atoms with E-state index in [1.165, 1.54) is 0 Å². The Hall–Kier alpha value is -1.54. The highest BCUT2D eigenvalue weighted by atomic mass is 127. The van der Waals surface area contributed by atoms with Crippen molar-refractivity contribution in [2.75, 3.05) is 6.61 Å². The lowest BCUT2D eigenvalue weighted by atomic mass is 10.1. The topological polar surface area (TPSA) is 68.4 Å². The third kappa shape index (κ3) is 4.06. The minimum Gasteiger partial charge on any atom is -0.462 e. The van der Waals surface area contributed by atoms with E-state index in [0.717, 1.165) is 11.1 Å². The lowest BCUT2D eigenvalue weighted by Crippen LogP contribution is -2.17. The van der Waals surface area contributed by atoms with Crippen molar-refractivity contribution < 1.29 is 14.3 Å². The Balaban J connectivity index is 2.59. The summed E-state index contributed by atoms with van der Waals surface area (Å²) in [7, 11) is 0.